The van der Waals surface area contributed by atoms with Gasteiger partial charge in [0.2, 0.25) is 0 Å². The quantitative estimate of drug-likeness (QED) is 0.835. The second-order valence-electron chi connectivity index (χ2n) is 4.04. The SMILES string of the molecule is CCC(C(=O)O)N(C)C(=O)c1csc(C(C)N)n1. The van der Waals surface area contributed by atoms with Crippen LogP contribution in [-0.4, -0.2) is 40.0 Å². The minimum atomic E-state index is -1.02. The fourth-order valence-corrected chi connectivity index (χ4v) is 2.28. The topological polar surface area (TPSA) is 96.5 Å². The van der Waals surface area contributed by atoms with E-state index in [0.717, 1.165) is 0 Å². The van der Waals surface area contributed by atoms with Gasteiger partial charge < -0.3 is 15.7 Å². The van der Waals surface area contributed by atoms with Crippen molar-refractivity contribution in [3.8, 4) is 0 Å². The molecule has 0 saturated heterocycles. The molecule has 0 radical (unpaired) electrons. The van der Waals surface area contributed by atoms with Crippen LogP contribution >= 0.6 is 11.3 Å². The van der Waals surface area contributed by atoms with E-state index >= 15 is 0 Å². The van der Waals surface area contributed by atoms with Gasteiger partial charge in [0.25, 0.3) is 5.91 Å². The average molecular weight is 271 g/mol. The van der Waals surface area contributed by atoms with E-state index in [1.807, 2.05) is 0 Å². The van der Waals surface area contributed by atoms with Crippen molar-refractivity contribution >= 4 is 23.2 Å². The Morgan fingerprint density at radius 1 is 1.61 bits per heavy atom. The summed E-state index contributed by atoms with van der Waals surface area (Å²) in [5.41, 5.74) is 5.91. The molecule has 7 heteroatoms. The molecule has 0 saturated carbocycles. The Kier molecular flexibility index (Phi) is 4.80. The fourth-order valence-electron chi connectivity index (χ4n) is 1.53. The summed E-state index contributed by atoms with van der Waals surface area (Å²) >= 11 is 1.30. The highest BCUT2D eigenvalue weighted by Gasteiger charge is 2.27. The molecule has 6 nitrogen and oxygen atoms in total. The molecule has 0 fully saturated rings. The Hall–Kier alpha value is -1.47. The molecule has 1 rings (SSSR count). The molecule has 1 aromatic heterocycles. The third-order valence-electron chi connectivity index (χ3n) is 2.59. The maximum absolute atomic E-state index is 12.1. The lowest BCUT2D eigenvalue weighted by Crippen LogP contribution is -2.42. The highest BCUT2D eigenvalue weighted by atomic mass is 32.1. The largest absolute Gasteiger partial charge is 0.480 e. The highest BCUT2D eigenvalue weighted by Crippen LogP contribution is 2.17. The van der Waals surface area contributed by atoms with Gasteiger partial charge in [0.05, 0.1) is 6.04 Å². The zero-order valence-corrected chi connectivity index (χ0v) is 11.4. The summed E-state index contributed by atoms with van der Waals surface area (Å²) in [6.07, 6.45) is 0.349. The molecule has 0 spiro atoms. The summed E-state index contributed by atoms with van der Waals surface area (Å²) in [4.78, 5) is 28.4. The van der Waals surface area contributed by atoms with Gasteiger partial charge in [-0.1, -0.05) is 6.92 Å². The number of amides is 1. The fraction of sp³-hybridized carbons (Fsp3) is 0.545. The number of aliphatic carboxylic acids is 1. The van der Waals surface area contributed by atoms with Crippen LogP contribution in [0.2, 0.25) is 0 Å². The van der Waals surface area contributed by atoms with E-state index in [4.69, 9.17) is 10.8 Å². The van der Waals surface area contributed by atoms with E-state index in [1.54, 1.807) is 19.2 Å². The van der Waals surface area contributed by atoms with E-state index in [0.29, 0.717) is 11.4 Å². The van der Waals surface area contributed by atoms with Crippen molar-refractivity contribution in [1.82, 2.24) is 9.88 Å². The normalized spacial score (nSPS) is 14.0. The summed E-state index contributed by atoms with van der Waals surface area (Å²) in [5, 5.41) is 11.3. The Morgan fingerprint density at radius 3 is 2.61 bits per heavy atom. The molecule has 0 aromatic carbocycles. The van der Waals surface area contributed by atoms with E-state index in [1.165, 1.54) is 23.3 Å². The van der Waals surface area contributed by atoms with Crippen LogP contribution in [0.4, 0.5) is 0 Å². The molecule has 1 aromatic rings. The van der Waals surface area contributed by atoms with Gasteiger partial charge in [0.1, 0.15) is 16.7 Å². The number of nitrogens with two attached hydrogens (primary N) is 1. The Labute approximate surface area is 109 Å². The van der Waals surface area contributed by atoms with Crippen molar-refractivity contribution in [2.75, 3.05) is 7.05 Å². The van der Waals surface area contributed by atoms with Crippen molar-refractivity contribution in [1.29, 1.82) is 0 Å². The van der Waals surface area contributed by atoms with Gasteiger partial charge in [-0.25, -0.2) is 9.78 Å². The molecule has 100 valence electrons. The number of carbonyl (C=O) groups excluding carboxylic acids is 1. The van der Waals surface area contributed by atoms with Gasteiger partial charge in [-0.15, -0.1) is 11.3 Å². The highest BCUT2D eigenvalue weighted by molar-refractivity contribution is 7.09. The number of carbonyl (C=O) groups is 2. The first-order valence-electron chi connectivity index (χ1n) is 5.59. The van der Waals surface area contributed by atoms with Crippen LogP contribution < -0.4 is 5.73 Å². The number of thiazole rings is 1. The molecule has 0 aliphatic rings. The molecule has 0 aliphatic carbocycles. The van der Waals surface area contributed by atoms with Crippen molar-refractivity contribution in [2.45, 2.75) is 32.4 Å². The van der Waals surface area contributed by atoms with Crippen LogP contribution in [0.3, 0.4) is 0 Å². The molecule has 0 bridgehead atoms. The number of hydrogen-bond acceptors (Lipinski definition) is 5. The third-order valence-corrected chi connectivity index (χ3v) is 3.64. The summed E-state index contributed by atoms with van der Waals surface area (Å²) in [7, 11) is 1.47. The van der Waals surface area contributed by atoms with Crippen LogP contribution in [0.5, 0.6) is 0 Å². The maximum Gasteiger partial charge on any atom is 0.326 e. The molecule has 1 amide bonds. The first-order chi connectivity index (χ1) is 8.38. The lowest BCUT2D eigenvalue weighted by atomic mass is 10.2. The molecule has 1 heterocycles. The van der Waals surface area contributed by atoms with Crippen molar-refractivity contribution in [3.63, 3.8) is 0 Å². The van der Waals surface area contributed by atoms with Crippen molar-refractivity contribution < 1.29 is 14.7 Å². The first kappa shape index (κ1) is 14.6. The third kappa shape index (κ3) is 3.05. The number of likely N-dealkylation sites (N-methyl/N-ethyl adjacent to an activating group) is 1. The zero-order valence-electron chi connectivity index (χ0n) is 10.6. The van der Waals surface area contributed by atoms with Crippen LogP contribution in [0.25, 0.3) is 0 Å². The van der Waals surface area contributed by atoms with Crippen LogP contribution in [0.15, 0.2) is 5.38 Å². The van der Waals surface area contributed by atoms with E-state index < -0.39 is 17.9 Å². The predicted molar refractivity (Wildman–Crippen MR) is 68.5 cm³/mol. The van der Waals surface area contributed by atoms with Crippen molar-refractivity contribution in [2.24, 2.45) is 5.73 Å². The van der Waals surface area contributed by atoms with Crippen LogP contribution in [0, 0.1) is 0 Å². The minimum Gasteiger partial charge on any atom is -0.480 e. The molecule has 0 aliphatic heterocycles. The van der Waals surface area contributed by atoms with E-state index in [2.05, 4.69) is 4.98 Å². The molecule has 2 atom stereocenters. The lowest BCUT2D eigenvalue weighted by Gasteiger charge is -2.22. The smallest absolute Gasteiger partial charge is 0.326 e. The Bertz CT molecular complexity index is 444. The predicted octanol–water partition coefficient (Wildman–Crippen LogP) is 1.10. The van der Waals surface area contributed by atoms with E-state index in [-0.39, 0.29) is 11.7 Å². The molecule has 18 heavy (non-hydrogen) atoms. The lowest BCUT2D eigenvalue weighted by molar-refractivity contribution is -0.142. The van der Waals surface area contributed by atoms with Crippen molar-refractivity contribution in [3.05, 3.63) is 16.1 Å². The monoisotopic (exact) mass is 271 g/mol. The van der Waals surface area contributed by atoms with Crippen LogP contribution in [-0.2, 0) is 4.79 Å². The summed E-state index contributed by atoms with van der Waals surface area (Å²) in [5.74, 6) is -1.41. The van der Waals surface area contributed by atoms with Crippen LogP contribution in [0.1, 0.15) is 41.8 Å². The first-order valence-corrected chi connectivity index (χ1v) is 6.47. The van der Waals surface area contributed by atoms with Gasteiger partial charge in [-0.3, -0.25) is 4.79 Å². The average Bonchev–Trinajstić information content (AvgIpc) is 2.77. The number of carboxylic acid groups (broad SMARTS) is 1. The number of hydrogen-bond donors (Lipinski definition) is 2. The second-order valence-corrected chi connectivity index (χ2v) is 4.93. The number of nitrogens with zero attached hydrogens (tertiary/aromatic N) is 2. The number of carboxylic acids is 1. The maximum atomic E-state index is 12.1. The van der Waals surface area contributed by atoms with Gasteiger partial charge >= 0.3 is 5.97 Å². The summed E-state index contributed by atoms with van der Waals surface area (Å²) < 4.78 is 0. The Balaban J connectivity index is 2.88. The second kappa shape index (κ2) is 5.92. The van der Waals surface area contributed by atoms with E-state index in [9.17, 15) is 9.59 Å². The molecular weight excluding hydrogens is 254 g/mol. The van der Waals surface area contributed by atoms with Gasteiger partial charge in [-0.2, -0.15) is 0 Å². The standard InChI is InChI=1S/C11H17N3O3S/c1-4-8(11(16)17)14(3)10(15)7-5-18-9(13-7)6(2)12/h5-6,8H,4,12H2,1-3H3,(H,16,17). The number of aromatic nitrogens is 1. The van der Waals surface area contributed by atoms with Gasteiger partial charge in [0, 0.05) is 12.4 Å². The number of rotatable bonds is 5. The molecular formula is C11H17N3O3S. The van der Waals surface area contributed by atoms with Gasteiger partial charge in [0.15, 0.2) is 0 Å². The molecule has 3 N–H and O–H groups in total. The summed E-state index contributed by atoms with van der Waals surface area (Å²) in [6.45, 7) is 3.50. The Morgan fingerprint density at radius 2 is 2.22 bits per heavy atom. The molecule has 2 unspecified atom stereocenters. The van der Waals surface area contributed by atoms with Gasteiger partial charge in [-0.05, 0) is 13.3 Å². The zero-order chi connectivity index (χ0) is 13.9. The summed E-state index contributed by atoms with van der Waals surface area (Å²) in [6, 6.07) is -1.07. The minimum absolute atomic E-state index is 0.233.